The van der Waals surface area contributed by atoms with Gasteiger partial charge in [-0.2, -0.15) is 0 Å². The van der Waals surface area contributed by atoms with Crippen LogP contribution in [-0.4, -0.2) is 79.4 Å². The van der Waals surface area contributed by atoms with Crippen molar-refractivity contribution >= 4 is 40.3 Å². The van der Waals surface area contributed by atoms with Gasteiger partial charge in [0.15, 0.2) is 0 Å². The van der Waals surface area contributed by atoms with Crippen LogP contribution in [0.25, 0.3) is 0 Å². The van der Waals surface area contributed by atoms with Gasteiger partial charge in [0.05, 0.1) is 11.6 Å². The molecule has 2 aliphatic carbocycles. The number of ketones is 1. The topological polar surface area (TPSA) is 168 Å². The first kappa shape index (κ1) is 35.0. The average Bonchev–Trinajstić information content (AvgIpc) is 3.37. The van der Waals surface area contributed by atoms with E-state index in [1.165, 1.54) is 4.90 Å². The van der Waals surface area contributed by atoms with Crippen LogP contribution in [0.3, 0.4) is 0 Å². The number of nitrogens with zero attached hydrogens (tertiary/aromatic N) is 1. The molecule has 4 atom stereocenters. The zero-order valence-corrected chi connectivity index (χ0v) is 27.7. The minimum absolute atomic E-state index is 0.246. The Labute approximate surface area is 259 Å². The second-order valence-corrected chi connectivity index (χ2v) is 17.1. The summed E-state index contributed by atoms with van der Waals surface area (Å²) in [5, 5.41) is 8.75. The molecule has 2 unspecified atom stereocenters. The van der Waals surface area contributed by atoms with Crippen LogP contribution in [0.15, 0.2) is 0 Å². The van der Waals surface area contributed by atoms with Gasteiger partial charge in [0.1, 0.15) is 12.1 Å². The first-order valence-electron chi connectivity index (χ1n) is 15.9. The summed E-state index contributed by atoms with van der Waals surface area (Å²) in [4.78, 5) is 66.6. The highest BCUT2D eigenvalue weighted by molar-refractivity contribution is 7.86. The third-order valence-electron chi connectivity index (χ3n) is 9.18. The van der Waals surface area contributed by atoms with E-state index in [4.69, 9.17) is 5.73 Å². The van der Waals surface area contributed by atoms with E-state index in [2.05, 4.69) is 16.0 Å². The number of hydrogen-bond acceptors (Lipinski definition) is 6. The Morgan fingerprint density at radius 2 is 1.53 bits per heavy atom. The van der Waals surface area contributed by atoms with Gasteiger partial charge in [-0.05, 0) is 64.2 Å². The van der Waals surface area contributed by atoms with Crippen molar-refractivity contribution in [3.63, 3.8) is 0 Å². The molecule has 1 heterocycles. The second kappa shape index (κ2) is 14.1. The summed E-state index contributed by atoms with van der Waals surface area (Å²) in [5.41, 5.74) is 3.97. The minimum atomic E-state index is -1.17. The lowest BCUT2D eigenvalue weighted by atomic mass is 9.80. The molecule has 1 aliphatic heterocycles. The zero-order valence-electron chi connectivity index (χ0n) is 26.9. The summed E-state index contributed by atoms with van der Waals surface area (Å²) < 4.78 is 12.7. The standard InChI is InChI=1S/C31H53N5O6S/c1-29(2,3)24(34-28(41)35-31(15-8-7-9-16-31)19-43(42)30(4,5)6)27(40)36-17-11-14-22(36)26(39)33-21(23(37)25(32)38)18-20-12-10-13-20/h20-22,24H,7-19H2,1-6H3,(H2,32,38)(H,33,39)(H2,34,35,41)/t21?,22-,24+,43?/m0/s1. The number of urea groups is 1. The minimum Gasteiger partial charge on any atom is -0.363 e. The van der Waals surface area contributed by atoms with Gasteiger partial charge in [0.25, 0.3) is 5.91 Å². The van der Waals surface area contributed by atoms with E-state index in [1.54, 1.807) is 0 Å². The van der Waals surface area contributed by atoms with Crippen LogP contribution < -0.4 is 21.7 Å². The molecule has 3 aliphatic rings. The van der Waals surface area contributed by atoms with Crippen molar-refractivity contribution in [2.45, 2.75) is 141 Å². The molecule has 0 bridgehead atoms. The van der Waals surface area contributed by atoms with Gasteiger partial charge in [-0.25, -0.2) is 4.79 Å². The van der Waals surface area contributed by atoms with Crippen LogP contribution in [0.5, 0.6) is 0 Å². The van der Waals surface area contributed by atoms with Gasteiger partial charge < -0.3 is 26.6 Å². The highest BCUT2D eigenvalue weighted by atomic mass is 32.2. The molecule has 11 nitrogen and oxygen atoms in total. The fourth-order valence-corrected chi connectivity index (χ4v) is 7.56. The number of carbonyl (C=O) groups excluding carboxylic acids is 5. The molecular weight excluding hydrogens is 570 g/mol. The molecule has 0 spiro atoms. The van der Waals surface area contributed by atoms with Gasteiger partial charge >= 0.3 is 6.03 Å². The predicted molar refractivity (Wildman–Crippen MR) is 166 cm³/mol. The smallest absolute Gasteiger partial charge is 0.315 e. The number of hydrogen-bond donors (Lipinski definition) is 4. The van der Waals surface area contributed by atoms with Gasteiger partial charge in [0.2, 0.25) is 17.6 Å². The summed E-state index contributed by atoms with van der Waals surface area (Å²) in [6, 6.07) is -3.27. The Morgan fingerprint density at radius 1 is 0.907 bits per heavy atom. The van der Waals surface area contributed by atoms with Crippen molar-refractivity contribution in [2.24, 2.45) is 17.1 Å². The monoisotopic (exact) mass is 623 g/mol. The largest absolute Gasteiger partial charge is 0.363 e. The summed E-state index contributed by atoms with van der Waals surface area (Å²) in [6.45, 7) is 11.7. The number of Topliss-reactive ketones (excluding diaryl/α,β-unsaturated/α-hetero) is 1. The third kappa shape index (κ3) is 9.25. The highest BCUT2D eigenvalue weighted by Gasteiger charge is 2.44. The van der Waals surface area contributed by atoms with Crippen molar-refractivity contribution < 1.29 is 28.2 Å². The number of amides is 5. The van der Waals surface area contributed by atoms with Gasteiger partial charge in [-0.15, -0.1) is 0 Å². The van der Waals surface area contributed by atoms with Crippen molar-refractivity contribution in [1.29, 1.82) is 0 Å². The molecular formula is C31H53N5O6S. The number of carbonyl (C=O) groups is 5. The molecule has 1 saturated heterocycles. The second-order valence-electron chi connectivity index (χ2n) is 14.9. The molecule has 12 heteroatoms. The summed E-state index contributed by atoms with van der Waals surface area (Å²) in [5.74, 6) is -2.20. The third-order valence-corrected chi connectivity index (χ3v) is 11.4. The molecule has 0 radical (unpaired) electrons. The molecule has 5 N–H and O–H groups in total. The lowest BCUT2D eigenvalue weighted by molar-refractivity contribution is -0.143. The van der Waals surface area contributed by atoms with Crippen LogP contribution in [0.2, 0.25) is 0 Å². The van der Waals surface area contributed by atoms with Crippen molar-refractivity contribution in [2.75, 3.05) is 12.3 Å². The van der Waals surface area contributed by atoms with E-state index >= 15 is 0 Å². The number of nitrogens with one attached hydrogen (secondary N) is 3. The molecule has 3 fully saturated rings. The van der Waals surface area contributed by atoms with Gasteiger partial charge in [-0.3, -0.25) is 23.4 Å². The number of nitrogens with two attached hydrogens (primary N) is 1. The SMILES string of the molecule is CC(C)(C)[C@H](NC(=O)NC1(CS(=O)C(C)(C)C)CCCCC1)C(=O)N1CCC[C@H]1C(=O)NC(CC1CCC1)C(=O)C(N)=O. The Bertz CT molecular complexity index is 1090. The average molecular weight is 624 g/mol. The summed E-state index contributed by atoms with van der Waals surface area (Å²) >= 11 is 0. The van der Waals surface area contributed by atoms with E-state index < -0.39 is 68.3 Å². The number of likely N-dealkylation sites (tertiary alicyclic amines) is 1. The molecule has 244 valence electrons. The Balaban J connectivity index is 1.74. The van der Waals surface area contributed by atoms with Crippen molar-refractivity contribution in [3.8, 4) is 0 Å². The molecule has 43 heavy (non-hydrogen) atoms. The summed E-state index contributed by atoms with van der Waals surface area (Å²) in [6.07, 6.45) is 8.60. The Hall–Kier alpha value is -2.50. The predicted octanol–water partition coefficient (Wildman–Crippen LogP) is 2.67. The molecule has 3 rings (SSSR count). The van der Waals surface area contributed by atoms with E-state index in [9.17, 15) is 28.2 Å². The van der Waals surface area contributed by atoms with E-state index in [0.717, 1.165) is 51.4 Å². The highest BCUT2D eigenvalue weighted by Crippen LogP contribution is 2.33. The van der Waals surface area contributed by atoms with Crippen molar-refractivity contribution in [3.05, 3.63) is 0 Å². The molecule has 0 aromatic heterocycles. The maximum atomic E-state index is 14.0. The molecule has 2 saturated carbocycles. The molecule has 0 aromatic rings. The van der Waals surface area contributed by atoms with Gasteiger partial charge in [-0.1, -0.05) is 59.3 Å². The van der Waals surface area contributed by atoms with Crippen LogP contribution >= 0.6 is 0 Å². The lowest BCUT2D eigenvalue weighted by Crippen LogP contribution is -2.63. The normalized spacial score (nSPS) is 22.9. The lowest BCUT2D eigenvalue weighted by Gasteiger charge is -2.41. The van der Waals surface area contributed by atoms with E-state index in [1.807, 2.05) is 41.5 Å². The summed E-state index contributed by atoms with van der Waals surface area (Å²) in [7, 11) is -1.17. The Morgan fingerprint density at radius 3 is 2.05 bits per heavy atom. The maximum absolute atomic E-state index is 14.0. The van der Waals surface area contributed by atoms with Gasteiger partial charge in [0, 0.05) is 27.8 Å². The zero-order chi connectivity index (χ0) is 32.2. The van der Waals surface area contributed by atoms with Crippen LogP contribution in [-0.2, 0) is 30.0 Å². The number of rotatable bonds is 11. The van der Waals surface area contributed by atoms with E-state index in [0.29, 0.717) is 31.6 Å². The fourth-order valence-electron chi connectivity index (χ4n) is 6.26. The quantitative estimate of drug-likeness (QED) is 0.258. The van der Waals surface area contributed by atoms with E-state index in [-0.39, 0.29) is 11.8 Å². The molecule has 0 aromatic carbocycles. The first-order valence-corrected chi connectivity index (χ1v) is 17.2. The maximum Gasteiger partial charge on any atom is 0.315 e. The van der Waals surface area contributed by atoms with Crippen LogP contribution in [0.4, 0.5) is 4.79 Å². The van der Waals surface area contributed by atoms with Crippen LogP contribution in [0, 0.1) is 11.3 Å². The fraction of sp³-hybridized carbons (Fsp3) is 0.839. The number of primary amides is 1. The van der Waals surface area contributed by atoms with Crippen LogP contribution in [0.1, 0.15) is 112 Å². The Kier molecular flexibility index (Phi) is 11.4. The first-order chi connectivity index (χ1) is 19.9. The van der Waals surface area contributed by atoms with Crippen molar-refractivity contribution in [1.82, 2.24) is 20.9 Å². The molecule has 5 amide bonds.